The van der Waals surface area contributed by atoms with E-state index < -0.39 is 9.46 Å². The first kappa shape index (κ1) is 7.56. The Labute approximate surface area is 49.5 Å². The molecule has 0 aliphatic carbocycles. The van der Waals surface area contributed by atoms with Crippen LogP contribution in [0.4, 0.5) is 8.22 Å². The molecule has 0 saturated heterocycles. The van der Waals surface area contributed by atoms with Crippen molar-refractivity contribution in [2.24, 2.45) is 0 Å². The van der Waals surface area contributed by atoms with Crippen LogP contribution in [0.1, 0.15) is 6.42 Å². The Hall–Kier alpha value is -0.443. The number of hydrogen-bond acceptors (Lipinski definition) is 0. The first-order valence-corrected chi connectivity index (χ1v) is 3.87. The maximum absolute atomic E-state index is 11.4. The minimum Gasteiger partial charge on any atom is -0.269 e. The summed E-state index contributed by atoms with van der Waals surface area (Å²) in [5.74, 6) is 0. The van der Waals surface area contributed by atoms with Gasteiger partial charge in [0.15, 0.2) is 0 Å². The van der Waals surface area contributed by atoms with Crippen molar-refractivity contribution in [2.45, 2.75) is 6.42 Å². The summed E-state index contributed by atoms with van der Waals surface area (Å²) in [7, 11) is -3.43. The van der Waals surface area contributed by atoms with Crippen LogP contribution >= 0.6 is 0 Å². The highest BCUT2D eigenvalue weighted by Gasteiger charge is 1.95. The van der Waals surface area contributed by atoms with Crippen molar-refractivity contribution >= 4 is 9.46 Å². The van der Waals surface area contributed by atoms with Gasteiger partial charge in [-0.15, -0.1) is 6.58 Å². The van der Waals surface area contributed by atoms with Gasteiger partial charge in [-0.25, -0.2) is 0 Å². The maximum atomic E-state index is 11.4. The van der Waals surface area contributed by atoms with Gasteiger partial charge in [-0.1, -0.05) is 12.2 Å². The molecule has 0 amide bonds. The second-order valence-electron chi connectivity index (χ2n) is 1.29. The topological polar surface area (TPSA) is 0 Å². The van der Waals surface area contributed by atoms with Crippen LogP contribution < -0.4 is 0 Å². The van der Waals surface area contributed by atoms with Crippen LogP contribution in [0.15, 0.2) is 24.4 Å². The van der Waals surface area contributed by atoms with E-state index in [9.17, 15) is 8.22 Å². The normalized spacial score (nSPS) is 10.9. The zero-order valence-electron chi connectivity index (χ0n) is 4.48. The number of hydrogen-bond donors (Lipinski definition) is 0. The molecule has 0 fully saturated rings. The maximum Gasteiger partial charge on any atom is 0.434 e. The van der Waals surface area contributed by atoms with Crippen LogP contribution in [-0.4, -0.2) is 9.46 Å². The van der Waals surface area contributed by atoms with Crippen molar-refractivity contribution in [3.05, 3.63) is 24.4 Å². The van der Waals surface area contributed by atoms with E-state index in [0.717, 1.165) is 5.70 Å². The van der Waals surface area contributed by atoms with Gasteiger partial charge in [-0.3, -0.25) is 8.22 Å². The van der Waals surface area contributed by atoms with Crippen LogP contribution in [-0.2, 0) is 0 Å². The molecule has 0 aliphatic heterocycles. The highest BCUT2D eigenvalue weighted by molar-refractivity contribution is 6.49. The SMILES string of the molecule is C=CCC=C[SiH](F)F. The molecule has 0 N–H and O–H groups in total. The van der Waals surface area contributed by atoms with Gasteiger partial charge in [-0.2, -0.15) is 0 Å². The van der Waals surface area contributed by atoms with Gasteiger partial charge in [0.2, 0.25) is 0 Å². The molecule has 0 aromatic rings. The number of rotatable bonds is 3. The van der Waals surface area contributed by atoms with Gasteiger partial charge >= 0.3 is 9.46 Å². The lowest BCUT2D eigenvalue weighted by molar-refractivity contribution is 0.683. The minimum absolute atomic E-state index is 0.553. The van der Waals surface area contributed by atoms with Gasteiger partial charge in [0.1, 0.15) is 0 Å². The first-order valence-electron chi connectivity index (χ1n) is 2.33. The van der Waals surface area contributed by atoms with Crippen LogP contribution in [0.3, 0.4) is 0 Å². The molecule has 0 unspecified atom stereocenters. The number of halogens is 2. The molecule has 0 nitrogen and oxygen atoms in total. The molecule has 3 heteroatoms. The molecule has 0 aliphatic rings. The average molecular weight is 134 g/mol. The predicted molar refractivity (Wildman–Crippen MR) is 33.3 cm³/mol. The lowest BCUT2D eigenvalue weighted by atomic mass is 10.4. The molecule has 0 heterocycles. The summed E-state index contributed by atoms with van der Waals surface area (Å²) in [6.45, 7) is 3.38. The first-order chi connectivity index (χ1) is 3.77. The van der Waals surface area contributed by atoms with E-state index >= 15 is 0 Å². The molecule has 0 aromatic heterocycles. The fourth-order valence-electron chi connectivity index (χ4n) is 0.278. The van der Waals surface area contributed by atoms with Crippen molar-refractivity contribution in [2.75, 3.05) is 0 Å². The van der Waals surface area contributed by atoms with Crippen molar-refractivity contribution in [3.63, 3.8) is 0 Å². The Balaban J connectivity index is 3.19. The zero-order valence-corrected chi connectivity index (χ0v) is 5.63. The fourth-order valence-corrected chi connectivity index (χ4v) is 0.641. The van der Waals surface area contributed by atoms with E-state index in [1.807, 2.05) is 0 Å². The smallest absolute Gasteiger partial charge is 0.269 e. The molecule has 0 atom stereocenters. The standard InChI is InChI=1S/C5H8F2Si/c1-2-3-4-5-8(6)7/h2,4-5,8H,1,3H2. The second kappa shape index (κ2) is 4.71. The summed E-state index contributed by atoms with van der Waals surface area (Å²) in [5, 5.41) is 0. The highest BCUT2D eigenvalue weighted by atomic mass is 28.4. The Morgan fingerprint density at radius 2 is 2.12 bits per heavy atom. The van der Waals surface area contributed by atoms with Crippen molar-refractivity contribution in [3.8, 4) is 0 Å². The molecular formula is C5H8F2Si. The Bertz CT molecular complexity index is 88.4. The fraction of sp³-hybridized carbons (Fsp3) is 0.200. The Morgan fingerprint density at radius 1 is 1.50 bits per heavy atom. The summed E-state index contributed by atoms with van der Waals surface area (Å²) < 4.78 is 22.8. The highest BCUT2D eigenvalue weighted by Crippen LogP contribution is 1.89. The summed E-state index contributed by atoms with van der Waals surface area (Å²) >= 11 is 0. The average Bonchev–Trinajstić information content (AvgIpc) is 1.66. The molecule has 0 radical (unpaired) electrons. The third-order valence-corrected chi connectivity index (χ3v) is 1.15. The van der Waals surface area contributed by atoms with E-state index in [-0.39, 0.29) is 0 Å². The van der Waals surface area contributed by atoms with Crippen molar-refractivity contribution in [1.29, 1.82) is 0 Å². The van der Waals surface area contributed by atoms with Crippen LogP contribution in [0.25, 0.3) is 0 Å². The lowest BCUT2D eigenvalue weighted by Crippen LogP contribution is -1.86. The van der Waals surface area contributed by atoms with E-state index in [2.05, 4.69) is 6.58 Å². The second-order valence-corrected chi connectivity index (χ2v) is 2.34. The summed E-state index contributed by atoms with van der Waals surface area (Å²) in [5.41, 5.74) is 0.988. The van der Waals surface area contributed by atoms with Crippen LogP contribution in [0.5, 0.6) is 0 Å². The Kier molecular flexibility index (Phi) is 4.45. The lowest BCUT2D eigenvalue weighted by Gasteiger charge is -1.79. The third kappa shape index (κ3) is 5.56. The largest absolute Gasteiger partial charge is 0.434 e. The molecule has 0 spiro atoms. The predicted octanol–water partition coefficient (Wildman–Crippen LogP) is 1.82. The molecule has 0 saturated carbocycles. The summed E-state index contributed by atoms with van der Waals surface area (Å²) in [4.78, 5) is 0. The summed E-state index contributed by atoms with van der Waals surface area (Å²) in [6.07, 6.45) is 3.59. The monoisotopic (exact) mass is 134 g/mol. The van der Waals surface area contributed by atoms with Gasteiger partial charge in [0.05, 0.1) is 0 Å². The van der Waals surface area contributed by atoms with Gasteiger partial charge in [0.25, 0.3) is 0 Å². The van der Waals surface area contributed by atoms with E-state index in [4.69, 9.17) is 0 Å². The van der Waals surface area contributed by atoms with Crippen molar-refractivity contribution in [1.82, 2.24) is 0 Å². The molecule has 0 rings (SSSR count). The molecule has 46 valence electrons. The summed E-state index contributed by atoms with van der Waals surface area (Å²) in [6, 6.07) is 0. The van der Waals surface area contributed by atoms with E-state index in [0.29, 0.717) is 6.42 Å². The molecular weight excluding hydrogens is 126 g/mol. The van der Waals surface area contributed by atoms with Crippen molar-refractivity contribution < 1.29 is 8.22 Å². The van der Waals surface area contributed by atoms with E-state index in [1.165, 1.54) is 6.08 Å². The Morgan fingerprint density at radius 3 is 2.50 bits per heavy atom. The van der Waals surface area contributed by atoms with Gasteiger partial charge < -0.3 is 0 Å². The third-order valence-electron chi connectivity index (χ3n) is 0.584. The van der Waals surface area contributed by atoms with Gasteiger partial charge in [0, 0.05) is 0 Å². The number of allylic oxidation sites excluding steroid dienone is 2. The molecule has 8 heavy (non-hydrogen) atoms. The molecule has 0 aromatic carbocycles. The van der Waals surface area contributed by atoms with Crippen LogP contribution in [0.2, 0.25) is 0 Å². The van der Waals surface area contributed by atoms with E-state index in [1.54, 1.807) is 6.08 Å². The quantitative estimate of drug-likeness (QED) is 0.314. The minimum atomic E-state index is -3.43. The zero-order chi connectivity index (χ0) is 6.41. The molecule has 0 bridgehead atoms. The van der Waals surface area contributed by atoms with Crippen LogP contribution in [0, 0.1) is 0 Å². The van der Waals surface area contributed by atoms with Gasteiger partial charge in [-0.05, 0) is 12.1 Å².